The maximum atomic E-state index is 13.5. The van der Waals surface area contributed by atoms with Crippen LogP contribution < -0.4 is 10.6 Å². The molecule has 4 nitrogen and oxygen atoms in total. The molecule has 2 N–H and O–H groups in total. The van der Waals surface area contributed by atoms with Crippen molar-refractivity contribution >= 4 is 15.5 Å². The summed E-state index contributed by atoms with van der Waals surface area (Å²) in [5.74, 6) is -0.247. The third-order valence-corrected chi connectivity index (χ3v) is 6.97. The summed E-state index contributed by atoms with van der Waals surface area (Å²) in [5, 5.41) is 7.02. The molecule has 3 atom stereocenters. The molecular weight excluding hydrogens is 339 g/mol. The smallest absolute Gasteiger partial charge is 0.206 e. The van der Waals surface area contributed by atoms with Crippen LogP contribution in [-0.4, -0.2) is 27.0 Å². The molecule has 0 radical (unpaired) electrons. The monoisotopic (exact) mass is 360 g/mol. The Morgan fingerprint density at radius 3 is 2.72 bits per heavy atom. The topological polar surface area (TPSA) is 58.2 Å². The van der Waals surface area contributed by atoms with Crippen LogP contribution in [0.3, 0.4) is 0 Å². The van der Waals surface area contributed by atoms with Gasteiger partial charge in [-0.2, -0.15) is 0 Å². The van der Waals surface area contributed by atoms with Crippen LogP contribution in [0, 0.1) is 5.82 Å². The van der Waals surface area contributed by atoms with Crippen LogP contribution in [0.15, 0.2) is 52.3 Å². The molecule has 1 unspecified atom stereocenters. The molecule has 6 heteroatoms. The van der Waals surface area contributed by atoms with Gasteiger partial charge in [0.15, 0.2) is 0 Å². The van der Waals surface area contributed by atoms with Gasteiger partial charge in [0.2, 0.25) is 9.84 Å². The van der Waals surface area contributed by atoms with E-state index in [9.17, 15) is 12.8 Å². The quantitative estimate of drug-likeness (QED) is 0.863. The minimum atomic E-state index is -3.72. The molecule has 0 saturated carbocycles. The number of benzene rings is 2. The zero-order valence-corrected chi connectivity index (χ0v) is 14.8. The summed E-state index contributed by atoms with van der Waals surface area (Å²) in [7, 11) is -3.72. The first-order valence-corrected chi connectivity index (χ1v) is 10.1. The van der Waals surface area contributed by atoms with Crippen molar-refractivity contribution in [3.63, 3.8) is 0 Å². The molecule has 0 aliphatic carbocycles. The average Bonchev–Trinajstić information content (AvgIpc) is 2.80. The lowest BCUT2D eigenvalue weighted by atomic mass is 9.90. The van der Waals surface area contributed by atoms with Crippen molar-refractivity contribution in [1.29, 1.82) is 0 Å². The van der Waals surface area contributed by atoms with E-state index in [1.807, 2.05) is 6.07 Å². The molecule has 0 aromatic heterocycles. The first kappa shape index (κ1) is 16.5. The zero-order chi connectivity index (χ0) is 17.6. The maximum absolute atomic E-state index is 13.5. The van der Waals surface area contributed by atoms with E-state index in [2.05, 4.69) is 17.6 Å². The Labute approximate surface area is 147 Å². The highest BCUT2D eigenvalue weighted by Gasteiger charge is 2.35. The molecule has 4 rings (SSSR count). The van der Waals surface area contributed by atoms with E-state index in [0.29, 0.717) is 18.0 Å². The van der Waals surface area contributed by atoms with E-state index < -0.39 is 15.7 Å². The Bertz CT molecular complexity index is 913. The van der Waals surface area contributed by atoms with Crippen molar-refractivity contribution in [2.75, 3.05) is 11.9 Å². The number of nitrogens with one attached hydrogen (secondary N) is 2. The van der Waals surface area contributed by atoms with Crippen LogP contribution in [0.1, 0.15) is 31.2 Å². The highest BCUT2D eigenvalue weighted by Crippen LogP contribution is 2.42. The van der Waals surface area contributed by atoms with Gasteiger partial charge in [-0.1, -0.05) is 6.07 Å². The molecule has 1 saturated heterocycles. The fraction of sp³-hybridized carbons (Fsp3) is 0.368. The summed E-state index contributed by atoms with van der Waals surface area (Å²) in [5.41, 5.74) is 2.07. The molecule has 2 aromatic carbocycles. The summed E-state index contributed by atoms with van der Waals surface area (Å²) in [4.78, 5) is 0.218. The molecule has 2 aliphatic heterocycles. The Balaban J connectivity index is 1.73. The number of hydrogen-bond donors (Lipinski definition) is 2. The van der Waals surface area contributed by atoms with Gasteiger partial charge >= 0.3 is 0 Å². The molecule has 132 valence electrons. The first-order valence-electron chi connectivity index (χ1n) is 8.59. The van der Waals surface area contributed by atoms with E-state index in [4.69, 9.17) is 0 Å². The molecule has 2 aliphatic rings. The third kappa shape index (κ3) is 2.93. The molecule has 0 bridgehead atoms. The van der Waals surface area contributed by atoms with E-state index in [-0.39, 0.29) is 9.79 Å². The molecular formula is C19H21FN2O2S. The van der Waals surface area contributed by atoms with Crippen molar-refractivity contribution in [2.45, 2.75) is 47.6 Å². The zero-order valence-electron chi connectivity index (χ0n) is 14.0. The predicted molar refractivity (Wildman–Crippen MR) is 95.1 cm³/mol. The number of fused-ring (bicyclic) bond motifs is 3. The SMILES string of the molecule is CC1C[C@@H]2Nc3ccc(S(=O)(=O)c4cccc(F)c4)cc3[C@H]2CCN1. The normalized spacial score (nSPS) is 25.6. The van der Waals surface area contributed by atoms with Gasteiger partial charge in [0.05, 0.1) is 9.79 Å². The van der Waals surface area contributed by atoms with Gasteiger partial charge in [-0.3, -0.25) is 0 Å². The van der Waals surface area contributed by atoms with Gasteiger partial charge < -0.3 is 10.6 Å². The summed E-state index contributed by atoms with van der Waals surface area (Å²) < 4.78 is 39.2. The number of hydrogen-bond acceptors (Lipinski definition) is 4. The Morgan fingerprint density at radius 2 is 1.92 bits per heavy atom. The largest absolute Gasteiger partial charge is 0.381 e. The van der Waals surface area contributed by atoms with Crippen molar-refractivity contribution in [3.05, 3.63) is 53.8 Å². The number of rotatable bonds is 2. The van der Waals surface area contributed by atoms with Gasteiger partial charge in [0, 0.05) is 23.7 Å². The van der Waals surface area contributed by atoms with Gasteiger partial charge in [-0.15, -0.1) is 0 Å². The first-order chi connectivity index (χ1) is 11.9. The van der Waals surface area contributed by atoms with Crippen molar-refractivity contribution < 1.29 is 12.8 Å². The van der Waals surface area contributed by atoms with Crippen LogP contribution in [0.5, 0.6) is 0 Å². The number of anilines is 1. The third-order valence-electron chi connectivity index (χ3n) is 5.22. The second kappa shape index (κ2) is 6.11. The number of sulfone groups is 1. The van der Waals surface area contributed by atoms with E-state index in [0.717, 1.165) is 36.7 Å². The van der Waals surface area contributed by atoms with Crippen LogP contribution in [0.2, 0.25) is 0 Å². The molecule has 0 amide bonds. The van der Waals surface area contributed by atoms with Crippen LogP contribution in [0.25, 0.3) is 0 Å². The Morgan fingerprint density at radius 1 is 1.12 bits per heavy atom. The van der Waals surface area contributed by atoms with Gasteiger partial charge in [0.1, 0.15) is 5.82 Å². The minimum Gasteiger partial charge on any atom is -0.381 e. The lowest BCUT2D eigenvalue weighted by Crippen LogP contribution is -2.28. The predicted octanol–water partition coefficient (Wildman–Crippen LogP) is 3.31. The molecule has 1 fully saturated rings. The maximum Gasteiger partial charge on any atom is 0.206 e. The molecule has 25 heavy (non-hydrogen) atoms. The van der Waals surface area contributed by atoms with E-state index >= 15 is 0 Å². The lowest BCUT2D eigenvalue weighted by Gasteiger charge is -2.18. The minimum absolute atomic E-state index is 0.00823. The highest BCUT2D eigenvalue weighted by atomic mass is 32.2. The van der Waals surface area contributed by atoms with Crippen molar-refractivity contribution in [2.24, 2.45) is 0 Å². The van der Waals surface area contributed by atoms with Gasteiger partial charge in [-0.05, 0) is 68.3 Å². The number of halogens is 1. The van der Waals surface area contributed by atoms with Crippen LogP contribution in [-0.2, 0) is 9.84 Å². The molecule has 2 heterocycles. The molecule has 2 aromatic rings. The van der Waals surface area contributed by atoms with Gasteiger partial charge in [-0.25, -0.2) is 12.8 Å². The van der Waals surface area contributed by atoms with Crippen molar-refractivity contribution in [3.8, 4) is 0 Å². The Kier molecular flexibility index (Phi) is 4.04. The lowest BCUT2D eigenvalue weighted by molar-refractivity contribution is 0.521. The Hall–Kier alpha value is -1.92. The summed E-state index contributed by atoms with van der Waals surface area (Å²) in [6.45, 7) is 3.09. The van der Waals surface area contributed by atoms with Gasteiger partial charge in [0.25, 0.3) is 0 Å². The second-order valence-electron chi connectivity index (χ2n) is 6.95. The highest BCUT2D eigenvalue weighted by molar-refractivity contribution is 7.91. The second-order valence-corrected chi connectivity index (χ2v) is 8.90. The summed E-state index contributed by atoms with van der Waals surface area (Å²) in [6, 6.07) is 11.2. The fourth-order valence-corrected chi connectivity index (χ4v) is 5.29. The van der Waals surface area contributed by atoms with Crippen LogP contribution >= 0.6 is 0 Å². The summed E-state index contributed by atoms with van der Waals surface area (Å²) >= 11 is 0. The fourth-order valence-electron chi connectivity index (χ4n) is 3.96. The molecule has 0 spiro atoms. The van der Waals surface area contributed by atoms with E-state index in [1.54, 1.807) is 12.1 Å². The standard InChI is InChI=1S/C19H21FN2O2S/c1-12-9-19-16(7-8-21-12)17-11-15(5-6-18(17)22-19)25(23,24)14-4-2-3-13(20)10-14/h2-6,10-12,16,19,21-22H,7-9H2,1H3/t12?,16-,19+/m1/s1. The van der Waals surface area contributed by atoms with Crippen molar-refractivity contribution in [1.82, 2.24) is 5.32 Å². The summed E-state index contributed by atoms with van der Waals surface area (Å²) in [6.07, 6.45) is 1.98. The van der Waals surface area contributed by atoms with Crippen LogP contribution in [0.4, 0.5) is 10.1 Å². The average molecular weight is 360 g/mol. The van der Waals surface area contributed by atoms with E-state index in [1.165, 1.54) is 18.2 Å².